The third kappa shape index (κ3) is 5.42. The summed E-state index contributed by atoms with van der Waals surface area (Å²) in [6, 6.07) is 0. The molecule has 2 atom stereocenters. The lowest BCUT2D eigenvalue weighted by atomic mass is 10.0. The molecule has 0 aromatic carbocycles. The van der Waals surface area contributed by atoms with Crippen molar-refractivity contribution in [3.8, 4) is 0 Å². The summed E-state index contributed by atoms with van der Waals surface area (Å²) in [5.41, 5.74) is 0. The van der Waals surface area contributed by atoms with Crippen LogP contribution in [0.4, 0.5) is 0 Å². The van der Waals surface area contributed by atoms with Gasteiger partial charge in [0.25, 0.3) is 0 Å². The zero-order valence-corrected chi connectivity index (χ0v) is 8.32. The summed E-state index contributed by atoms with van der Waals surface area (Å²) in [6.07, 6.45) is 2.66. The van der Waals surface area contributed by atoms with Gasteiger partial charge in [0.1, 0.15) is 6.10 Å². The second-order valence-corrected chi connectivity index (χ2v) is 3.19. The van der Waals surface area contributed by atoms with Gasteiger partial charge in [-0.25, -0.2) is 4.79 Å². The van der Waals surface area contributed by atoms with E-state index in [1.807, 2.05) is 13.8 Å². The Kier molecular flexibility index (Phi) is 6.24. The molecule has 0 bridgehead atoms. The molecule has 0 radical (unpaired) electrons. The fourth-order valence-electron chi connectivity index (χ4n) is 0.995. The Morgan fingerprint density at radius 2 is 2.23 bits per heavy atom. The first kappa shape index (κ1) is 12.2. The molecule has 0 aromatic rings. The minimum Gasteiger partial charge on any atom is -0.459 e. The highest BCUT2D eigenvalue weighted by molar-refractivity contribution is 5.81. The van der Waals surface area contributed by atoms with Gasteiger partial charge in [-0.3, -0.25) is 0 Å². The third-order valence-corrected chi connectivity index (χ3v) is 2.09. The van der Waals surface area contributed by atoms with Crippen molar-refractivity contribution in [2.24, 2.45) is 5.92 Å². The lowest BCUT2D eigenvalue weighted by molar-refractivity contribution is -0.144. The van der Waals surface area contributed by atoms with E-state index in [1.54, 1.807) is 0 Å². The topological polar surface area (TPSA) is 46.5 Å². The average molecular weight is 186 g/mol. The summed E-state index contributed by atoms with van der Waals surface area (Å²) in [6.45, 7) is 7.35. The lowest BCUT2D eigenvalue weighted by Crippen LogP contribution is -2.21. The maximum Gasteiger partial charge on any atom is 0.330 e. The van der Waals surface area contributed by atoms with Gasteiger partial charge in [-0.1, -0.05) is 13.5 Å². The SMILES string of the molecule is C=CC(=O)OC(C)C(C)CCCO. The molecule has 76 valence electrons. The molecule has 2 unspecified atom stereocenters. The van der Waals surface area contributed by atoms with Gasteiger partial charge in [0.05, 0.1) is 0 Å². The van der Waals surface area contributed by atoms with Crippen molar-refractivity contribution in [2.45, 2.75) is 32.8 Å². The van der Waals surface area contributed by atoms with Crippen LogP contribution in [0.15, 0.2) is 12.7 Å². The first-order valence-electron chi connectivity index (χ1n) is 4.55. The first-order chi connectivity index (χ1) is 6.11. The zero-order valence-electron chi connectivity index (χ0n) is 8.32. The Morgan fingerprint density at radius 3 is 2.69 bits per heavy atom. The molecule has 0 saturated carbocycles. The minimum absolute atomic E-state index is 0.114. The molecule has 1 N–H and O–H groups in total. The van der Waals surface area contributed by atoms with Crippen LogP contribution in [-0.4, -0.2) is 23.8 Å². The van der Waals surface area contributed by atoms with Gasteiger partial charge in [-0.15, -0.1) is 0 Å². The molecule has 0 aliphatic rings. The monoisotopic (exact) mass is 186 g/mol. The van der Waals surface area contributed by atoms with E-state index in [2.05, 4.69) is 6.58 Å². The second kappa shape index (κ2) is 6.66. The number of hydrogen-bond acceptors (Lipinski definition) is 3. The average Bonchev–Trinajstić information content (AvgIpc) is 2.13. The van der Waals surface area contributed by atoms with Crippen molar-refractivity contribution in [1.29, 1.82) is 0 Å². The fourth-order valence-corrected chi connectivity index (χ4v) is 0.995. The summed E-state index contributed by atoms with van der Waals surface area (Å²) in [5.74, 6) is -0.112. The summed E-state index contributed by atoms with van der Waals surface area (Å²) in [4.78, 5) is 10.8. The summed E-state index contributed by atoms with van der Waals surface area (Å²) in [7, 11) is 0. The van der Waals surface area contributed by atoms with E-state index in [4.69, 9.17) is 9.84 Å². The number of ether oxygens (including phenoxy) is 1. The molecule has 3 heteroatoms. The van der Waals surface area contributed by atoms with Crippen LogP contribution < -0.4 is 0 Å². The maximum atomic E-state index is 10.8. The lowest BCUT2D eigenvalue weighted by Gasteiger charge is -2.19. The molecule has 3 nitrogen and oxygen atoms in total. The predicted molar refractivity (Wildman–Crippen MR) is 51.2 cm³/mol. The number of aliphatic hydroxyl groups is 1. The van der Waals surface area contributed by atoms with E-state index in [-0.39, 0.29) is 24.6 Å². The molecule has 0 aliphatic heterocycles. The number of hydrogen-bond donors (Lipinski definition) is 1. The summed E-state index contributed by atoms with van der Waals surface area (Å²) in [5, 5.41) is 8.60. The van der Waals surface area contributed by atoms with Crippen LogP contribution in [0.1, 0.15) is 26.7 Å². The highest BCUT2D eigenvalue weighted by atomic mass is 16.5. The largest absolute Gasteiger partial charge is 0.459 e. The Balaban J connectivity index is 3.74. The van der Waals surface area contributed by atoms with E-state index in [9.17, 15) is 4.79 Å². The van der Waals surface area contributed by atoms with Crippen molar-refractivity contribution in [3.05, 3.63) is 12.7 Å². The van der Waals surface area contributed by atoms with Gasteiger partial charge < -0.3 is 9.84 Å². The molecule has 0 amide bonds. The highest BCUT2D eigenvalue weighted by Gasteiger charge is 2.14. The van der Waals surface area contributed by atoms with Crippen molar-refractivity contribution in [2.75, 3.05) is 6.61 Å². The van der Waals surface area contributed by atoms with Gasteiger partial charge in [-0.2, -0.15) is 0 Å². The van der Waals surface area contributed by atoms with Crippen molar-refractivity contribution in [1.82, 2.24) is 0 Å². The molecular weight excluding hydrogens is 168 g/mol. The number of carbonyl (C=O) groups is 1. The molecule has 13 heavy (non-hydrogen) atoms. The molecule has 0 aromatic heterocycles. The second-order valence-electron chi connectivity index (χ2n) is 3.19. The van der Waals surface area contributed by atoms with Crippen molar-refractivity contribution >= 4 is 5.97 Å². The molecule has 0 rings (SSSR count). The minimum atomic E-state index is -0.386. The quantitative estimate of drug-likeness (QED) is 0.505. The van der Waals surface area contributed by atoms with E-state index < -0.39 is 0 Å². The van der Waals surface area contributed by atoms with Gasteiger partial charge >= 0.3 is 5.97 Å². The van der Waals surface area contributed by atoms with Gasteiger partial charge in [-0.05, 0) is 25.7 Å². The van der Waals surface area contributed by atoms with Crippen LogP contribution in [0.25, 0.3) is 0 Å². The van der Waals surface area contributed by atoms with Crippen LogP contribution in [0, 0.1) is 5.92 Å². The van der Waals surface area contributed by atoms with Crippen LogP contribution in [0.2, 0.25) is 0 Å². The summed E-state index contributed by atoms with van der Waals surface area (Å²) < 4.78 is 5.02. The Labute approximate surface area is 79.4 Å². The molecule has 0 heterocycles. The highest BCUT2D eigenvalue weighted by Crippen LogP contribution is 2.13. The van der Waals surface area contributed by atoms with Gasteiger partial charge in [0.2, 0.25) is 0 Å². The number of carbonyl (C=O) groups excluding carboxylic acids is 1. The van der Waals surface area contributed by atoms with Gasteiger partial charge in [0, 0.05) is 12.7 Å². The normalized spacial score (nSPS) is 14.7. The molecule has 0 saturated heterocycles. The number of rotatable bonds is 6. The first-order valence-corrected chi connectivity index (χ1v) is 4.55. The molecule has 0 spiro atoms. The third-order valence-electron chi connectivity index (χ3n) is 2.09. The zero-order chi connectivity index (χ0) is 10.3. The van der Waals surface area contributed by atoms with Crippen LogP contribution in [0.3, 0.4) is 0 Å². The Bertz CT molecular complexity index is 166. The molecule has 0 fully saturated rings. The number of esters is 1. The molecular formula is C10H18O3. The smallest absolute Gasteiger partial charge is 0.330 e. The van der Waals surface area contributed by atoms with E-state index in [0.717, 1.165) is 18.9 Å². The van der Waals surface area contributed by atoms with Crippen molar-refractivity contribution < 1.29 is 14.6 Å². The number of aliphatic hydroxyl groups excluding tert-OH is 1. The van der Waals surface area contributed by atoms with Crippen molar-refractivity contribution in [3.63, 3.8) is 0 Å². The standard InChI is InChI=1S/C10H18O3/c1-4-10(12)13-9(3)8(2)6-5-7-11/h4,8-9,11H,1,5-7H2,2-3H3. The van der Waals surface area contributed by atoms with Crippen LogP contribution in [-0.2, 0) is 9.53 Å². The maximum absolute atomic E-state index is 10.8. The molecule has 0 aliphatic carbocycles. The van der Waals surface area contributed by atoms with E-state index in [1.165, 1.54) is 0 Å². The van der Waals surface area contributed by atoms with Gasteiger partial charge in [0.15, 0.2) is 0 Å². The Hall–Kier alpha value is -0.830. The van der Waals surface area contributed by atoms with E-state index in [0.29, 0.717) is 0 Å². The van der Waals surface area contributed by atoms with Crippen LogP contribution in [0.5, 0.6) is 0 Å². The Morgan fingerprint density at radius 1 is 1.62 bits per heavy atom. The fraction of sp³-hybridized carbons (Fsp3) is 0.700. The van der Waals surface area contributed by atoms with E-state index >= 15 is 0 Å². The van der Waals surface area contributed by atoms with Crippen LogP contribution >= 0.6 is 0 Å². The summed E-state index contributed by atoms with van der Waals surface area (Å²) >= 11 is 0. The predicted octanol–water partition coefficient (Wildman–Crippen LogP) is 1.51.